The molecule has 2 bridgehead atoms. The fourth-order valence-electron chi connectivity index (χ4n) is 6.66. The van der Waals surface area contributed by atoms with Gasteiger partial charge < -0.3 is 40.2 Å². The standard InChI is InChI=1S/C42H54N6O8/c1-25(2)19-31-24-56-33-16-12-29(13-17-33)21-36(45-38(50)34-18-7-26(3)47(5)42(34)54)40(52)46-35(20-28-10-14-32(55-6)15-11-28)39(51)43-27(4)41(53)48(22-30-8-9-30)23-37(49)44-31/h7,10-18,25,27,30-31,35-36H,8-9,19-24H2,1-6H3,(H,43,51)(H,44,49)(H,45,50)(H,46,52)/t27-,31+,35+,36+/m1/s1. The zero-order valence-electron chi connectivity index (χ0n) is 33.1. The van der Waals surface area contributed by atoms with Gasteiger partial charge in [-0.2, -0.15) is 0 Å². The van der Waals surface area contributed by atoms with Crippen LogP contribution >= 0.6 is 0 Å². The molecule has 1 saturated carbocycles. The maximum atomic E-state index is 14.3. The second-order valence-electron chi connectivity index (χ2n) is 15.3. The van der Waals surface area contributed by atoms with Gasteiger partial charge in [-0.15, -0.1) is 0 Å². The molecule has 5 amide bonds. The van der Waals surface area contributed by atoms with Gasteiger partial charge in [0.1, 0.15) is 41.8 Å². The minimum atomic E-state index is -1.21. The van der Waals surface area contributed by atoms with Crippen LogP contribution in [0.25, 0.3) is 0 Å². The summed E-state index contributed by atoms with van der Waals surface area (Å²) < 4.78 is 12.7. The van der Waals surface area contributed by atoms with Crippen molar-refractivity contribution in [2.45, 2.75) is 84.0 Å². The van der Waals surface area contributed by atoms with Crippen LogP contribution in [0.3, 0.4) is 0 Å². The fourth-order valence-corrected chi connectivity index (χ4v) is 6.66. The molecule has 2 aromatic carbocycles. The Morgan fingerprint density at radius 2 is 1.62 bits per heavy atom. The summed E-state index contributed by atoms with van der Waals surface area (Å²) in [5.74, 6) is -1.13. The van der Waals surface area contributed by atoms with Crippen LogP contribution in [0, 0.1) is 18.8 Å². The van der Waals surface area contributed by atoms with Crippen molar-refractivity contribution in [3.63, 3.8) is 0 Å². The number of pyridine rings is 1. The number of carbonyl (C=O) groups excluding carboxylic acids is 5. The van der Waals surface area contributed by atoms with Gasteiger partial charge in [-0.05, 0) is 92.5 Å². The van der Waals surface area contributed by atoms with Crippen LogP contribution < -0.4 is 36.3 Å². The Balaban J connectivity index is 1.50. The van der Waals surface area contributed by atoms with Crippen molar-refractivity contribution >= 4 is 29.5 Å². The molecule has 56 heavy (non-hydrogen) atoms. The average molecular weight is 771 g/mol. The first kappa shape index (κ1) is 41.5. The van der Waals surface area contributed by atoms with Crippen LogP contribution in [0.1, 0.15) is 67.2 Å². The van der Waals surface area contributed by atoms with Gasteiger partial charge in [0.25, 0.3) is 11.5 Å². The number of hydrogen-bond donors (Lipinski definition) is 4. The summed E-state index contributed by atoms with van der Waals surface area (Å²) in [5.41, 5.74) is 1.36. The summed E-state index contributed by atoms with van der Waals surface area (Å²) >= 11 is 0. The summed E-state index contributed by atoms with van der Waals surface area (Å²) in [7, 11) is 3.10. The third-order valence-corrected chi connectivity index (χ3v) is 10.1. The van der Waals surface area contributed by atoms with E-state index in [0.29, 0.717) is 41.3 Å². The van der Waals surface area contributed by atoms with Crippen molar-refractivity contribution in [3.05, 3.63) is 93.4 Å². The Hall–Kier alpha value is -5.66. The van der Waals surface area contributed by atoms with Gasteiger partial charge in [0.15, 0.2) is 0 Å². The highest BCUT2D eigenvalue weighted by atomic mass is 16.5. The van der Waals surface area contributed by atoms with E-state index in [4.69, 9.17) is 9.47 Å². The topological polar surface area (TPSA) is 177 Å². The number of methoxy groups -OCH3 is 1. The molecule has 1 fully saturated rings. The number of aromatic nitrogens is 1. The second kappa shape index (κ2) is 18.8. The van der Waals surface area contributed by atoms with Gasteiger partial charge in [0, 0.05) is 32.1 Å². The predicted octanol–water partition coefficient (Wildman–Crippen LogP) is 2.44. The summed E-state index contributed by atoms with van der Waals surface area (Å²) in [4.78, 5) is 83.8. The van der Waals surface area contributed by atoms with Crippen molar-refractivity contribution in [1.29, 1.82) is 0 Å². The molecule has 6 rings (SSSR count). The highest BCUT2D eigenvalue weighted by Gasteiger charge is 2.34. The van der Waals surface area contributed by atoms with Crippen molar-refractivity contribution in [1.82, 2.24) is 30.7 Å². The molecule has 1 aliphatic carbocycles. The van der Waals surface area contributed by atoms with E-state index in [1.54, 1.807) is 75.5 Å². The number of nitrogens with zero attached hydrogens (tertiary/aromatic N) is 2. The number of rotatable bonds is 9. The number of amides is 5. The predicted molar refractivity (Wildman–Crippen MR) is 210 cm³/mol. The summed E-state index contributed by atoms with van der Waals surface area (Å²) in [6, 6.07) is 13.3. The maximum Gasteiger partial charge on any atom is 0.263 e. The third kappa shape index (κ3) is 11.4. The third-order valence-electron chi connectivity index (χ3n) is 10.1. The Morgan fingerprint density at radius 1 is 0.929 bits per heavy atom. The van der Waals surface area contributed by atoms with E-state index in [-0.39, 0.29) is 55.3 Å². The quantitative estimate of drug-likeness (QED) is 0.240. The Labute approximate surface area is 327 Å². The van der Waals surface area contributed by atoms with Gasteiger partial charge in [0.2, 0.25) is 23.6 Å². The summed E-state index contributed by atoms with van der Waals surface area (Å²) in [6.07, 6.45) is 2.59. The number of hydrogen-bond acceptors (Lipinski definition) is 8. The smallest absolute Gasteiger partial charge is 0.263 e. The molecule has 2 aliphatic heterocycles. The molecule has 14 heteroatoms. The fraction of sp³-hybridized carbons (Fsp3) is 0.476. The summed E-state index contributed by atoms with van der Waals surface area (Å²) in [6.45, 7) is 7.78. The maximum absolute atomic E-state index is 14.3. The van der Waals surface area contributed by atoms with Gasteiger partial charge in [-0.1, -0.05) is 38.1 Å². The Kier molecular flexibility index (Phi) is 13.9. The van der Waals surface area contributed by atoms with Gasteiger partial charge in [0.05, 0.1) is 19.7 Å². The molecule has 14 nitrogen and oxygen atoms in total. The van der Waals surface area contributed by atoms with Crippen LogP contribution in [-0.4, -0.2) is 90.0 Å². The number of ether oxygens (including phenoxy) is 2. The van der Waals surface area contributed by atoms with Crippen LogP contribution in [0.4, 0.5) is 0 Å². The van der Waals surface area contributed by atoms with Crippen LogP contribution in [0.2, 0.25) is 0 Å². The number of carbonyl (C=O) groups is 5. The lowest BCUT2D eigenvalue weighted by Gasteiger charge is -2.29. The van der Waals surface area contributed by atoms with E-state index in [1.807, 2.05) is 0 Å². The minimum Gasteiger partial charge on any atom is -0.497 e. The first-order valence-electron chi connectivity index (χ1n) is 19.2. The molecule has 1 aromatic heterocycles. The molecule has 0 unspecified atom stereocenters. The van der Waals surface area contributed by atoms with E-state index in [1.165, 1.54) is 22.6 Å². The molecular weight excluding hydrogens is 716 g/mol. The van der Waals surface area contributed by atoms with Crippen LogP contribution in [0.5, 0.6) is 11.5 Å². The monoisotopic (exact) mass is 770 g/mol. The molecule has 3 heterocycles. The molecule has 0 spiro atoms. The lowest BCUT2D eigenvalue weighted by Crippen LogP contribution is -2.58. The molecule has 3 aliphatic rings. The lowest BCUT2D eigenvalue weighted by atomic mass is 10.0. The highest BCUT2D eigenvalue weighted by Crippen LogP contribution is 2.30. The van der Waals surface area contributed by atoms with Gasteiger partial charge in [-0.3, -0.25) is 28.8 Å². The minimum absolute atomic E-state index is 0.0119. The molecular formula is C42H54N6O8. The average Bonchev–Trinajstić information content (AvgIpc) is 3.99. The zero-order valence-corrected chi connectivity index (χ0v) is 33.1. The molecule has 300 valence electrons. The van der Waals surface area contributed by atoms with Crippen molar-refractivity contribution < 1.29 is 33.4 Å². The molecule has 3 aromatic rings. The lowest BCUT2D eigenvalue weighted by molar-refractivity contribution is -0.140. The number of aryl methyl sites for hydroxylation is 1. The number of benzene rings is 2. The van der Waals surface area contributed by atoms with E-state index in [0.717, 1.165) is 12.8 Å². The van der Waals surface area contributed by atoms with Crippen molar-refractivity contribution in [2.75, 3.05) is 26.8 Å². The van der Waals surface area contributed by atoms with Crippen LogP contribution in [-0.2, 0) is 39.1 Å². The molecule has 4 N–H and O–H groups in total. The van der Waals surface area contributed by atoms with E-state index in [2.05, 4.69) is 35.1 Å². The number of fused-ring (bicyclic) bond motifs is 17. The van der Waals surface area contributed by atoms with Crippen molar-refractivity contribution in [3.8, 4) is 11.5 Å². The molecule has 0 saturated heterocycles. The first-order valence-corrected chi connectivity index (χ1v) is 19.2. The molecule has 0 radical (unpaired) electrons. The van der Waals surface area contributed by atoms with Crippen LogP contribution in [0.15, 0.2) is 65.5 Å². The Bertz CT molecular complexity index is 1940. The van der Waals surface area contributed by atoms with E-state index in [9.17, 15) is 28.8 Å². The SMILES string of the molecule is COc1ccc(C[C@@H]2NC(=O)[C@@H](NC(=O)c3ccc(C)n(C)c3=O)Cc3ccc(cc3)OC[C@H](CC(C)C)NC(=O)CN(CC3CC3)C(=O)[C@@H](C)NC2=O)cc1. The normalized spacial score (nSPS) is 21.4. The van der Waals surface area contributed by atoms with Crippen molar-refractivity contribution in [2.24, 2.45) is 18.9 Å². The zero-order chi connectivity index (χ0) is 40.5. The first-order chi connectivity index (χ1) is 26.7. The second-order valence-corrected chi connectivity index (χ2v) is 15.3. The summed E-state index contributed by atoms with van der Waals surface area (Å²) in [5, 5.41) is 11.4. The van der Waals surface area contributed by atoms with Gasteiger partial charge >= 0.3 is 0 Å². The van der Waals surface area contributed by atoms with E-state index < -0.39 is 47.3 Å². The highest BCUT2D eigenvalue weighted by molar-refractivity contribution is 5.99. The molecule has 4 atom stereocenters. The largest absolute Gasteiger partial charge is 0.497 e. The van der Waals surface area contributed by atoms with E-state index >= 15 is 0 Å². The number of nitrogens with one attached hydrogen (secondary N) is 4. The Morgan fingerprint density at radius 3 is 2.27 bits per heavy atom. The van der Waals surface area contributed by atoms with Gasteiger partial charge in [-0.25, -0.2) is 0 Å².